The lowest BCUT2D eigenvalue weighted by Crippen LogP contribution is -2.50. The first-order chi connectivity index (χ1) is 13.1. The second-order valence-corrected chi connectivity index (χ2v) is 9.08. The molecule has 5 nitrogen and oxygen atoms in total. The Balaban J connectivity index is 1.66. The number of carbonyl (C=O) groups is 1. The van der Waals surface area contributed by atoms with Crippen LogP contribution >= 0.6 is 15.9 Å². The summed E-state index contributed by atoms with van der Waals surface area (Å²) in [5.41, 5.74) is -0.688. The monoisotopic (exact) mass is 476 g/mol. The lowest BCUT2D eigenvalue weighted by Gasteiger charge is -2.34. The van der Waals surface area contributed by atoms with Gasteiger partial charge < -0.3 is 4.90 Å². The molecule has 1 saturated heterocycles. The van der Waals surface area contributed by atoms with E-state index in [1.165, 1.54) is 21.3 Å². The molecule has 1 heterocycles. The van der Waals surface area contributed by atoms with Crippen molar-refractivity contribution < 1.29 is 26.4 Å². The van der Waals surface area contributed by atoms with E-state index < -0.39 is 27.7 Å². The Morgan fingerprint density at radius 2 is 1.43 bits per heavy atom. The van der Waals surface area contributed by atoms with E-state index in [1.54, 1.807) is 12.1 Å². The Labute approximate surface area is 168 Å². The molecular weight excluding hydrogens is 461 g/mol. The lowest BCUT2D eigenvalue weighted by molar-refractivity contribution is -0.137. The van der Waals surface area contributed by atoms with Crippen LogP contribution < -0.4 is 0 Å². The van der Waals surface area contributed by atoms with Crippen LogP contribution in [0.2, 0.25) is 0 Å². The third-order valence-electron chi connectivity index (χ3n) is 4.44. The zero-order chi connectivity index (χ0) is 20.5. The van der Waals surface area contributed by atoms with Gasteiger partial charge in [0.15, 0.2) is 0 Å². The highest BCUT2D eigenvalue weighted by Crippen LogP contribution is 2.29. The van der Waals surface area contributed by atoms with E-state index in [1.807, 2.05) is 0 Å². The number of nitrogens with zero attached hydrogens (tertiary/aromatic N) is 2. The highest BCUT2D eigenvalue weighted by atomic mass is 79.9. The largest absolute Gasteiger partial charge is 0.416 e. The van der Waals surface area contributed by atoms with Crippen LogP contribution in [0.3, 0.4) is 0 Å². The van der Waals surface area contributed by atoms with Crippen molar-refractivity contribution in [3.05, 3.63) is 64.1 Å². The smallest absolute Gasteiger partial charge is 0.336 e. The summed E-state index contributed by atoms with van der Waals surface area (Å²) in [6, 6.07) is 10.3. The van der Waals surface area contributed by atoms with Crippen molar-refractivity contribution in [1.29, 1.82) is 0 Å². The molecule has 0 saturated carbocycles. The summed E-state index contributed by atoms with van der Waals surface area (Å²) < 4.78 is 65.3. The van der Waals surface area contributed by atoms with Gasteiger partial charge in [0.05, 0.1) is 10.5 Å². The standard InChI is InChI=1S/C18H16BrF3N2O3S/c19-15-5-7-16(8-6-15)28(26,27)24-11-9-23(10-12-24)17(25)13-1-3-14(4-2-13)18(20,21)22/h1-8H,9-12H2. The molecule has 2 aromatic carbocycles. The van der Waals surface area contributed by atoms with Gasteiger partial charge in [-0.15, -0.1) is 0 Å². The number of hydrogen-bond acceptors (Lipinski definition) is 3. The minimum absolute atomic E-state index is 0.116. The molecule has 28 heavy (non-hydrogen) atoms. The maximum absolute atomic E-state index is 12.7. The summed E-state index contributed by atoms with van der Waals surface area (Å²) in [6.07, 6.45) is -4.46. The summed E-state index contributed by atoms with van der Waals surface area (Å²) >= 11 is 3.25. The van der Waals surface area contributed by atoms with Crippen LogP contribution in [0.5, 0.6) is 0 Å². The zero-order valence-corrected chi connectivity index (χ0v) is 16.9. The Bertz CT molecular complexity index is 953. The van der Waals surface area contributed by atoms with E-state index in [2.05, 4.69) is 15.9 Å². The number of amides is 1. The molecule has 3 rings (SSSR count). The number of benzene rings is 2. The van der Waals surface area contributed by atoms with Gasteiger partial charge >= 0.3 is 6.18 Å². The molecule has 1 amide bonds. The molecule has 10 heteroatoms. The number of rotatable bonds is 3. The Morgan fingerprint density at radius 3 is 1.93 bits per heavy atom. The molecule has 150 valence electrons. The number of carbonyl (C=O) groups excluding carboxylic acids is 1. The molecule has 1 aliphatic heterocycles. The lowest BCUT2D eigenvalue weighted by atomic mass is 10.1. The molecular formula is C18H16BrF3N2O3S. The van der Waals surface area contributed by atoms with Gasteiger partial charge in [-0.1, -0.05) is 15.9 Å². The summed E-state index contributed by atoms with van der Waals surface area (Å²) in [5.74, 6) is -0.422. The highest BCUT2D eigenvalue weighted by molar-refractivity contribution is 9.10. The van der Waals surface area contributed by atoms with Gasteiger partial charge in [0.2, 0.25) is 10.0 Å². The molecule has 0 radical (unpaired) electrons. The van der Waals surface area contributed by atoms with E-state index in [4.69, 9.17) is 0 Å². The predicted octanol–water partition coefficient (Wildman–Crippen LogP) is 3.61. The normalized spacial score (nSPS) is 16.2. The van der Waals surface area contributed by atoms with Gasteiger partial charge in [-0.05, 0) is 48.5 Å². The van der Waals surface area contributed by atoms with Crippen molar-refractivity contribution in [2.45, 2.75) is 11.1 Å². The van der Waals surface area contributed by atoms with E-state index in [-0.39, 0.29) is 36.6 Å². The van der Waals surface area contributed by atoms with Crippen LogP contribution in [-0.4, -0.2) is 49.7 Å². The zero-order valence-electron chi connectivity index (χ0n) is 14.5. The van der Waals surface area contributed by atoms with Gasteiger partial charge in [-0.3, -0.25) is 4.79 Å². The molecule has 1 aliphatic rings. The highest BCUT2D eigenvalue weighted by Gasteiger charge is 2.32. The van der Waals surface area contributed by atoms with Crippen molar-refractivity contribution in [2.24, 2.45) is 0 Å². The van der Waals surface area contributed by atoms with Gasteiger partial charge in [-0.25, -0.2) is 8.42 Å². The third kappa shape index (κ3) is 4.39. The molecule has 0 bridgehead atoms. The second kappa shape index (κ2) is 7.84. The van der Waals surface area contributed by atoms with Crippen LogP contribution in [0.15, 0.2) is 57.9 Å². The molecule has 0 atom stereocenters. The topological polar surface area (TPSA) is 57.7 Å². The van der Waals surface area contributed by atoms with E-state index in [0.717, 1.165) is 28.7 Å². The average Bonchev–Trinajstić information content (AvgIpc) is 2.67. The van der Waals surface area contributed by atoms with Gasteiger partial charge in [-0.2, -0.15) is 17.5 Å². The van der Waals surface area contributed by atoms with E-state index in [9.17, 15) is 26.4 Å². The van der Waals surface area contributed by atoms with Crippen molar-refractivity contribution in [1.82, 2.24) is 9.21 Å². The van der Waals surface area contributed by atoms with Crippen LogP contribution in [0.25, 0.3) is 0 Å². The minimum Gasteiger partial charge on any atom is -0.336 e. The van der Waals surface area contributed by atoms with Gasteiger partial charge in [0, 0.05) is 36.2 Å². The number of piperazine rings is 1. The molecule has 0 aromatic heterocycles. The quantitative estimate of drug-likeness (QED) is 0.679. The number of sulfonamides is 1. The minimum atomic E-state index is -4.46. The van der Waals surface area contributed by atoms with E-state index >= 15 is 0 Å². The molecule has 0 aliphatic carbocycles. The Morgan fingerprint density at radius 1 is 0.893 bits per heavy atom. The van der Waals surface area contributed by atoms with Crippen LogP contribution in [0.4, 0.5) is 13.2 Å². The van der Waals surface area contributed by atoms with Crippen molar-refractivity contribution in [2.75, 3.05) is 26.2 Å². The summed E-state index contributed by atoms with van der Waals surface area (Å²) in [4.78, 5) is 14.1. The van der Waals surface area contributed by atoms with Crippen LogP contribution in [-0.2, 0) is 16.2 Å². The summed E-state index contributed by atoms with van der Waals surface area (Å²) in [6.45, 7) is 0.556. The fourth-order valence-electron chi connectivity index (χ4n) is 2.87. The third-order valence-corrected chi connectivity index (χ3v) is 6.88. The Hall–Kier alpha value is -1.91. The summed E-state index contributed by atoms with van der Waals surface area (Å²) in [7, 11) is -3.67. The predicted molar refractivity (Wildman–Crippen MR) is 100 cm³/mol. The first kappa shape index (κ1) is 20.8. The molecule has 0 spiro atoms. The van der Waals surface area contributed by atoms with Crippen LogP contribution in [0.1, 0.15) is 15.9 Å². The maximum Gasteiger partial charge on any atom is 0.416 e. The van der Waals surface area contributed by atoms with Crippen molar-refractivity contribution in [3.8, 4) is 0 Å². The molecule has 1 fully saturated rings. The first-order valence-corrected chi connectivity index (χ1v) is 10.5. The van der Waals surface area contributed by atoms with Gasteiger partial charge in [0.25, 0.3) is 5.91 Å². The first-order valence-electron chi connectivity index (χ1n) is 8.31. The fraction of sp³-hybridized carbons (Fsp3) is 0.278. The maximum atomic E-state index is 12.7. The van der Waals surface area contributed by atoms with E-state index in [0.29, 0.717) is 0 Å². The Kier molecular flexibility index (Phi) is 5.83. The molecule has 2 aromatic rings. The number of alkyl halides is 3. The average molecular weight is 477 g/mol. The van der Waals surface area contributed by atoms with Gasteiger partial charge in [0.1, 0.15) is 0 Å². The van der Waals surface area contributed by atoms with Crippen molar-refractivity contribution >= 4 is 31.9 Å². The second-order valence-electron chi connectivity index (χ2n) is 6.23. The van der Waals surface area contributed by atoms with Crippen molar-refractivity contribution in [3.63, 3.8) is 0 Å². The van der Waals surface area contributed by atoms with Crippen LogP contribution in [0, 0.1) is 0 Å². The summed E-state index contributed by atoms with van der Waals surface area (Å²) in [5, 5.41) is 0. The SMILES string of the molecule is O=C(c1ccc(C(F)(F)F)cc1)N1CCN(S(=O)(=O)c2ccc(Br)cc2)CC1. The number of hydrogen-bond donors (Lipinski definition) is 0. The molecule has 0 N–H and O–H groups in total. The number of halogens is 4. The molecule has 0 unspecified atom stereocenters. The fourth-order valence-corrected chi connectivity index (χ4v) is 4.56.